The third kappa shape index (κ3) is 1.86. The standard InChI is InChI=1S/C6H3Cl3N2O/c7-1-4-10-5(8)3(2-12)6(9)11-4/h2H,1H2. The van der Waals surface area contributed by atoms with Gasteiger partial charge in [0, 0.05) is 0 Å². The molecule has 0 saturated carbocycles. The lowest BCUT2D eigenvalue weighted by atomic mass is 10.4. The van der Waals surface area contributed by atoms with Gasteiger partial charge in [-0.25, -0.2) is 9.97 Å². The minimum Gasteiger partial charge on any atom is -0.298 e. The monoisotopic (exact) mass is 224 g/mol. The summed E-state index contributed by atoms with van der Waals surface area (Å²) < 4.78 is 0. The van der Waals surface area contributed by atoms with Gasteiger partial charge in [-0.15, -0.1) is 11.6 Å². The minimum absolute atomic E-state index is 0.0284. The molecule has 12 heavy (non-hydrogen) atoms. The van der Waals surface area contributed by atoms with Gasteiger partial charge in [0.05, 0.1) is 11.4 Å². The normalized spacial score (nSPS) is 9.92. The van der Waals surface area contributed by atoms with Crippen molar-refractivity contribution in [3.05, 3.63) is 21.7 Å². The zero-order valence-electron chi connectivity index (χ0n) is 5.72. The van der Waals surface area contributed by atoms with Crippen LogP contribution in [-0.2, 0) is 5.88 Å². The second-order valence-corrected chi connectivity index (χ2v) is 2.87. The summed E-state index contributed by atoms with van der Waals surface area (Å²) in [5, 5.41) is 0.0568. The van der Waals surface area contributed by atoms with Crippen molar-refractivity contribution in [2.45, 2.75) is 5.88 Å². The van der Waals surface area contributed by atoms with Gasteiger partial charge in [0.25, 0.3) is 0 Å². The first-order valence-corrected chi connectivity index (χ1v) is 4.21. The molecule has 0 aliphatic carbocycles. The summed E-state index contributed by atoms with van der Waals surface area (Å²) in [6, 6.07) is 0. The van der Waals surface area contributed by atoms with Crippen LogP contribution in [0.3, 0.4) is 0 Å². The number of carbonyl (C=O) groups is 1. The molecule has 1 aromatic heterocycles. The number of alkyl halides is 1. The maximum absolute atomic E-state index is 10.4. The summed E-state index contributed by atoms with van der Waals surface area (Å²) in [4.78, 5) is 17.8. The Balaban J connectivity index is 3.27. The highest BCUT2D eigenvalue weighted by atomic mass is 35.5. The highest BCUT2D eigenvalue weighted by molar-refractivity contribution is 6.37. The SMILES string of the molecule is O=Cc1c(Cl)nc(CCl)nc1Cl. The number of carbonyl (C=O) groups excluding carboxylic acids is 1. The van der Waals surface area contributed by atoms with Gasteiger partial charge in [-0.05, 0) is 0 Å². The molecule has 3 nitrogen and oxygen atoms in total. The molecule has 1 heterocycles. The Labute approximate surface area is 83.7 Å². The zero-order valence-corrected chi connectivity index (χ0v) is 7.99. The number of aldehydes is 1. The summed E-state index contributed by atoms with van der Waals surface area (Å²) >= 11 is 16.6. The number of hydrogen-bond donors (Lipinski definition) is 0. The van der Waals surface area contributed by atoms with Gasteiger partial charge in [0.1, 0.15) is 16.1 Å². The lowest BCUT2D eigenvalue weighted by Gasteiger charge is -1.99. The molecule has 0 atom stereocenters. The van der Waals surface area contributed by atoms with Crippen LogP contribution in [0.4, 0.5) is 0 Å². The minimum atomic E-state index is 0.0284. The molecule has 0 bridgehead atoms. The topological polar surface area (TPSA) is 42.9 Å². The largest absolute Gasteiger partial charge is 0.298 e. The van der Waals surface area contributed by atoms with Crippen LogP contribution in [0.15, 0.2) is 0 Å². The van der Waals surface area contributed by atoms with Crippen molar-refractivity contribution >= 4 is 41.1 Å². The van der Waals surface area contributed by atoms with Crippen LogP contribution in [0.5, 0.6) is 0 Å². The number of nitrogens with zero attached hydrogens (tertiary/aromatic N) is 2. The molecule has 0 radical (unpaired) electrons. The van der Waals surface area contributed by atoms with Crippen LogP contribution < -0.4 is 0 Å². The third-order valence-corrected chi connectivity index (χ3v) is 1.95. The van der Waals surface area contributed by atoms with E-state index in [2.05, 4.69) is 9.97 Å². The molecule has 0 aromatic carbocycles. The summed E-state index contributed by atoms with van der Waals surface area (Å²) in [6.07, 6.45) is 0.503. The number of hydrogen-bond acceptors (Lipinski definition) is 3. The third-order valence-electron chi connectivity index (χ3n) is 1.14. The molecule has 0 N–H and O–H groups in total. The second kappa shape index (κ2) is 4.03. The van der Waals surface area contributed by atoms with E-state index in [1.54, 1.807) is 0 Å². The molecular weight excluding hydrogens is 222 g/mol. The van der Waals surface area contributed by atoms with Gasteiger partial charge in [-0.1, -0.05) is 23.2 Å². The predicted molar refractivity (Wildman–Crippen MR) is 47.0 cm³/mol. The van der Waals surface area contributed by atoms with Gasteiger partial charge in [-0.3, -0.25) is 4.79 Å². The van der Waals surface area contributed by atoms with E-state index < -0.39 is 0 Å². The van der Waals surface area contributed by atoms with Crippen LogP contribution in [0, 0.1) is 0 Å². The van der Waals surface area contributed by atoms with Gasteiger partial charge < -0.3 is 0 Å². The van der Waals surface area contributed by atoms with E-state index in [-0.39, 0.29) is 21.7 Å². The quantitative estimate of drug-likeness (QED) is 0.441. The summed E-state index contributed by atoms with van der Waals surface area (Å²) in [5.74, 6) is 0.413. The molecular formula is C6H3Cl3N2O. The maximum Gasteiger partial charge on any atom is 0.156 e. The Hall–Kier alpha value is -0.380. The molecule has 1 aromatic rings. The Morgan fingerprint density at radius 2 is 1.75 bits per heavy atom. The number of rotatable bonds is 2. The van der Waals surface area contributed by atoms with Crippen molar-refractivity contribution in [2.24, 2.45) is 0 Å². The molecule has 0 saturated heterocycles. The van der Waals surface area contributed by atoms with Crippen molar-refractivity contribution in [3.63, 3.8) is 0 Å². The van der Waals surface area contributed by atoms with E-state index in [0.29, 0.717) is 12.1 Å². The molecule has 6 heteroatoms. The molecule has 64 valence electrons. The Morgan fingerprint density at radius 3 is 2.08 bits per heavy atom. The highest BCUT2D eigenvalue weighted by Gasteiger charge is 2.09. The first-order valence-electron chi connectivity index (χ1n) is 2.92. The van der Waals surface area contributed by atoms with Gasteiger partial charge in [0.2, 0.25) is 0 Å². The van der Waals surface area contributed by atoms with Crippen molar-refractivity contribution in [1.82, 2.24) is 9.97 Å². The molecule has 0 spiro atoms. The fourth-order valence-electron chi connectivity index (χ4n) is 0.614. The van der Waals surface area contributed by atoms with E-state index in [1.165, 1.54) is 0 Å². The van der Waals surface area contributed by atoms with E-state index in [1.807, 2.05) is 0 Å². The molecule has 0 amide bonds. The van der Waals surface area contributed by atoms with Crippen LogP contribution in [-0.4, -0.2) is 16.3 Å². The Morgan fingerprint density at radius 1 is 1.25 bits per heavy atom. The average Bonchev–Trinajstić information content (AvgIpc) is 2.03. The van der Waals surface area contributed by atoms with Crippen LogP contribution >= 0.6 is 34.8 Å². The summed E-state index contributed by atoms with van der Waals surface area (Å²) in [6.45, 7) is 0. The van der Waals surface area contributed by atoms with Gasteiger partial charge in [0.15, 0.2) is 6.29 Å². The number of aromatic nitrogens is 2. The molecule has 0 aliphatic heterocycles. The van der Waals surface area contributed by atoms with Crippen molar-refractivity contribution in [3.8, 4) is 0 Å². The average molecular weight is 225 g/mol. The molecule has 1 rings (SSSR count). The van der Waals surface area contributed by atoms with E-state index in [4.69, 9.17) is 34.8 Å². The van der Waals surface area contributed by atoms with Gasteiger partial charge >= 0.3 is 0 Å². The smallest absolute Gasteiger partial charge is 0.156 e. The fourth-order valence-corrected chi connectivity index (χ4v) is 1.25. The summed E-state index contributed by atoms with van der Waals surface area (Å²) in [7, 11) is 0. The Bertz CT molecular complexity index is 293. The van der Waals surface area contributed by atoms with E-state index >= 15 is 0 Å². The summed E-state index contributed by atoms with van der Waals surface area (Å²) in [5.41, 5.74) is 0.0900. The van der Waals surface area contributed by atoms with Gasteiger partial charge in [-0.2, -0.15) is 0 Å². The zero-order chi connectivity index (χ0) is 9.14. The fraction of sp³-hybridized carbons (Fsp3) is 0.167. The molecule has 0 aliphatic rings. The predicted octanol–water partition coefficient (Wildman–Crippen LogP) is 2.33. The van der Waals surface area contributed by atoms with E-state index in [9.17, 15) is 4.79 Å². The first-order chi connectivity index (χ1) is 5.69. The molecule has 0 fully saturated rings. The van der Waals surface area contributed by atoms with Crippen LogP contribution in [0.25, 0.3) is 0 Å². The van der Waals surface area contributed by atoms with Crippen molar-refractivity contribution < 1.29 is 4.79 Å². The molecule has 0 unspecified atom stereocenters. The van der Waals surface area contributed by atoms with Crippen molar-refractivity contribution in [1.29, 1.82) is 0 Å². The Kier molecular flexibility index (Phi) is 3.26. The first kappa shape index (κ1) is 9.71. The lowest BCUT2D eigenvalue weighted by Crippen LogP contribution is -1.97. The second-order valence-electron chi connectivity index (χ2n) is 1.89. The number of halogens is 3. The van der Waals surface area contributed by atoms with Crippen LogP contribution in [0.1, 0.15) is 16.2 Å². The maximum atomic E-state index is 10.4. The highest BCUT2D eigenvalue weighted by Crippen LogP contribution is 2.19. The van der Waals surface area contributed by atoms with Crippen LogP contribution in [0.2, 0.25) is 10.3 Å². The van der Waals surface area contributed by atoms with Crippen molar-refractivity contribution in [2.75, 3.05) is 0 Å². The lowest BCUT2D eigenvalue weighted by molar-refractivity contribution is 0.112. The van der Waals surface area contributed by atoms with E-state index in [0.717, 1.165) is 0 Å².